The summed E-state index contributed by atoms with van der Waals surface area (Å²) < 4.78 is 5.91. The molecule has 22 heavy (non-hydrogen) atoms. The fourth-order valence-corrected chi connectivity index (χ4v) is 2.58. The first-order valence-electron chi connectivity index (χ1n) is 7.91. The number of carbonyl (C=O) groups excluding carboxylic acids is 1. The molecule has 1 atom stereocenters. The molecule has 122 valence electrons. The van der Waals surface area contributed by atoms with Crippen LogP contribution in [0.4, 0.5) is 10.5 Å². The largest absolute Gasteiger partial charge is 0.371 e. The molecule has 2 amide bonds. The number of amides is 2. The van der Waals surface area contributed by atoms with Crippen molar-refractivity contribution in [1.82, 2.24) is 10.2 Å². The van der Waals surface area contributed by atoms with E-state index in [2.05, 4.69) is 36.3 Å². The van der Waals surface area contributed by atoms with Crippen LogP contribution in [0, 0.1) is 0 Å². The first-order chi connectivity index (χ1) is 10.4. The van der Waals surface area contributed by atoms with E-state index in [9.17, 15) is 4.79 Å². The van der Waals surface area contributed by atoms with Gasteiger partial charge in [-0.25, -0.2) is 4.79 Å². The smallest absolute Gasteiger partial charge is 0.319 e. The van der Waals surface area contributed by atoms with Gasteiger partial charge in [-0.1, -0.05) is 12.1 Å². The Hall–Kier alpha value is -1.59. The van der Waals surface area contributed by atoms with Gasteiger partial charge in [0.2, 0.25) is 0 Å². The van der Waals surface area contributed by atoms with E-state index in [0.29, 0.717) is 6.54 Å². The van der Waals surface area contributed by atoms with Crippen molar-refractivity contribution < 1.29 is 9.53 Å². The number of hydrogen-bond acceptors (Lipinski definition) is 3. The minimum absolute atomic E-state index is 0.0893. The molecule has 2 N–H and O–H groups in total. The number of benzene rings is 1. The first kappa shape index (κ1) is 16.8. The number of ether oxygens (including phenoxy) is 1. The zero-order valence-electron chi connectivity index (χ0n) is 14.0. The Morgan fingerprint density at radius 3 is 2.59 bits per heavy atom. The number of anilines is 1. The zero-order chi connectivity index (χ0) is 16.2. The molecule has 0 spiro atoms. The summed E-state index contributed by atoms with van der Waals surface area (Å²) in [7, 11) is 0. The van der Waals surface area contributed by atoms with Crippen LogP contribution in [-0.4, -0.2) is 42.7 Å². The maximum atomic E-state index is 11.5. The molecule has 1 aromatic carbocycles. The number of morpholine rings is 1. The lowest BCUT2D eigenvalue weighted by molar-refractivity contribution is -0.0596. The molecule has 1 aliphatic rings. The lowest BCUT2D eigenvalue weighted by atomic mass is 10.0. The fraction of sp³-hybridized carbons (Fsp3) is 0.588. The summed E-state index contributed by atoms with van der Waals surface area (Å²) in [6, 6.07) is 7.72. The number of urea groups is 1. The Labute approximate surface area is 133 Å². The van der Waals surface area contributed by atoms with E-state index in [1.807, 2.05) is 31.2 Å². The third-order valence-corrected chi connectivity index (χ3v) is 3.89. The van der Waals surface area contributed by atoms with Crippen LogP contribution in [0.5, 0.6) is 0 Å². The van der Waals surface area contributed by atoms with Gasteiger partial charge < -0.3 is 15.4 Å². The fourth-order valence-electron chi connectivity index (χ4n) is 2.58. The van der Waals surface area contributed by atoms with Crippen molar-refractivity contribution in [1.29, 1.82) is 0 Å². The predicted molar refractivity (Wildman–Crippen MR) is 89.2 cm³/mol. The van der Waals surface area contributed by atoms with Gasteiger partial charge >= 0.3 is 6.03 Å². The molecule has 1 fully saturated rings. The monoisotopic (exact) mass is 305 g/mol. The van der Waals surface area contributed by atoms with Crippen LogP contribution in [0.15, 0.2) is 24.3 Å². The van der Waals surface area contributed by atoms with Crippen LogP contribution in [-0.2, 0) is 4.74 Å². The average molecular weight is 305 g/mol. The second-order valence-corrected chi connectivity index (χ2v) is 6.58. The van der Waals surface area contributed by atoms with Crippen molar-refractivity contribution in [2.24, 2.45) is 0 Å². The van der Waals surface area contributed by atoms with Gasteiger partial charge in [-0.2, -0.15) is 0 Å². The van der Waals surface area contributed by atoms with Crippen LogP contribution < -0.4 is 10.6 Å². The molecule has 2 rings (SSSR count). The summed E-state index contributed by atoms with van der Waals surface area (Å²) in [5, 5.41) is 5.52. The lowest BCUT2D eigenvalue weighted by Gasteiger charge is -2.41. The van der Waals surface area contributed by atoms with Gasteiger partial charge in [-0.05, 0) is 45.4 Å². The van der Waals surface area contributed by atoms with E-state index in [1.54, 1.807) is 0 Å². The predicted octanol–water partition coefficient (Wildman–Crippen LogP) is 3.00. The Bertz CT molecular complexity index is 494. The van der Waals surface area contributed by atoms with Crippen LogP contribution in [0.2, 0.25) is 0 Å². The van der Waals surface area contributed by atoms with Crippen LogP contribution in [0.1, 0.15) is 39.4 Å². The number of nitrogens with one attached hydrogen (secondary N) is 2. The van der Waals surface area contributed by atoms with Crippen LogP contribution in [0.3, 0.4) is 0 Å². The van der Waals surface area contributed by atoms with Gasteiger partial charge in [0.25, 0.3) is 0 Å². The zero-order valence-corrected chi connectivity index (χ0v) is 14.0. The topological polar surface area (TPSA) is 53.6 Å². The quantitative estimate of drug-likeness (QED) is 0.902. The molecule has 0 aliphatic carbocycles. The molecular formula is C17H27N3O2. The lowest BCUT2D eigenvalue weighted by Crippen LogP contribution is -2.48. The van der Waals surface area contributed by atoms with E-state index in [0.717, 1.165) is 30.9 Å². The molecular weight excluding hydrogens is 278 g/mol. The number of nitrogens with zero attached hydrogens (tertiary/aromatic N) is 1. The summed E-state index contributed by atoms with van der Waals surface area (Å²) in [5.41, 5.74) is 2.09. The van der Waals surface area contributed by atoms with Gasteiger partial charge in [0.1, 0.15) is 0 Å². The van der Waals surface area contributed by atoms with E-state index in [1.165, 1.54) is 0 Å². The van der Waals surface area contributed by atoms with Crippen LogP contribution >= 0.6 is 0 Å². The Balaban J connectivity index is 1.99. The molecule has 1 aromatic rings. The van der Waals surface area contributed by atoms with Gasteiger partial charge in [0, 0.05) is 30.9 Å². The molecule has 0 saturated carbocycles. The van der Waals surface area contributed by atoms with Crippen molar-refractivity contribution >= 4 is 11.7 Å². The Kier molecular flexibility index (Phi) is 5.42. The summed E-state index contributed by atoms with van der Waals surface area (Å²) in [4.78, 5) is 13.9. The minimum Gasteiger partial charge on any atom is -0.371 e. The molecule has 1 unspecified atom stereocenters. The van der Waals surface area contributed by atoms with Crippen LogP contribution in [0.25, 0.3) is 0 Å². The average Bonchev–Trinajstić information content (AvgIpc) is 2.47. The summed E-state index contributed by atoms with van der Waals surface area (Å²) in [5.74, 6) is 0. The highest BCUT2D eigenvalue weighted by Crippen LogP contribution is 2.27. The highest BCUT2D eigenvalue weighted by molar-refractivity contribution is 5.89. The standard InChI is InChI=1S/C17H27N3O2/c1-5-18-16(21)19-14-8-6-13(7-9-14)15-12-20(10-11-22-15)17(2,3)4/h6-9,15H,5,10-12H2,1-4H3,(H2,18,19,21). The van der Waals surface area contributed by atoms with Gasteiger partial charge in [0.05, 0.1) is 12.7 Å². The molecule has 1 saturated heterocycles. The summed E-state index contributed by atoms with van der Waals surface area (Å²) in [6.07, 6.45) is 0.0893. The van der Waals surface area contributed by atoms with Crippen molar-refractivity contribution in [2.75, 3.05) is 31.6 Å². The third-order valence-electron chi connectivity index (χ3n) is 3.89. The SMILES string of the molecule is CCNC(=O)Nc1ccc(C2CN(C(C)(C)C)CCO2)cc1. The number of hydrogen-bond donors (Lipinski definition) is 2. The molecule has 1 heterocycles. The normalized spacial score (nSPS) is 19.7. The Morgan fingerprint density at radius 2 is 2.00 bits per heavy atom. The highest BCUT2D eigenvalue weighted by Gasteiger charge is 2.29. The minimum atomic E-state index is -0.178. The molecule has 0 aromatic heterocycles. The summed E-state index contributed by atoms with van der Waals surface area (Å²) in [6.45, 7) is 11.8. The molecule has 1 aliphatic heterocycles. The molecule has 0 radical (unpaired) electrons. The van der Waals surface area contributed by atoms with Gasteiger partial charge in [-0.3, -0.25) is 4.90 Å². The highest BCUT2D eigenvalue weighted by atomic mass is 16.5. The molecule has 0 bridgehead atoms. The van der Waals surface area contributed by atoms with Crippen molar-refractivity contribution in [3.8, 4) is 0 Å². The number of carbonyl (C=O) groups is 1. The first-order valence-corrected chi connectivity index (χ1v) is 7.91. The third kappa shape index (κ3) is 4.45. The second kappa shape index (κ2) is 7.11. The maximum absolute atomic E-state index is 11.5. The van der Waals surface area contributed by atoms with E-state index in [4.69, 9.17) is 4.74 Å². The van der Waals surface area contributed by atoms with E-state index >= 15 is 0 Å². The van der Waals surface area contributed by atoms with Crippen molar-refractivity contribution in [2.45, 2.75) is 39.3 Å². The second-order valence-electron chi connectivity index (χ2n) is 6.58. The van der Waals surface area contributed by atoms with Crippen molar-refractivity contribution in [3.63, 3.8) is 0 Å². The molecule has 5 heteroatoms. The number of rotatable bonds is 3. The Morgan fingerprint density at radius 1 is 1.32 bits per heavy atom. The maximum Gasteiger partial charge on any atom is 0.319 e. The van der Waals surface area contributed by atoms with E-state index < -0.39 is 0 Å². The van der Waals surface area contributed by atoms with Gasteiger partial charge in [-0.15, -0.1) is 0 Å². The van der Waals surface area contributed by atoms with Crippen molar-refractivity contribution in [3.05, 3.63) is 29.8 Å². The van der Waals surface area contributed by atoms with E-state index in [-0.39, 0.29) is 17.7 Å². The molecule has 5 nitrogen and oxygen atoms in total. The summed E-state index contributed by atoms with van der Waals surface area (Å²) >= 11 is 0. The van der Waals surface area contributed by atoms with Gasteiger partial charge in [0.15, 0.2) is 0 Å².